The third-order valence-electron chi connectivity index (χ3n) is 3.39. The first-order valence-corrected chi connectivity index (χ1v) is 7.64. The fourth-order valence-corrected chi connectivity index (χ4v) is 2.96. The van der Waals surface area contributed by atoms with Gasteiger partial charge in [-0.25, -0.2) is 0 Å². The fraction of sp³-hybridized carbons (Fsp3) is 0.118. The molecule has 3 aromatic rings. The Morgan fingerprint density at radius 3 is 2.67 bits per heavy atom. The van der Waals surface area contributed by atoms with Crippen molar-refractivity contribution in [2.24, 2.45) is 0 Å². The van der Waals surface area contributed by atoms with Crippen LogP contribution in [-0.2, 0) is 0 Å². The summed E-state index contributed by atoms with van der Waals surface area (Å²) >= 11 is 11.7. The van der Waals surface area contributed by atoms with Gasteiger partial charge in [-0.2, -0.15) is 0 Å². The van der Waals surface area contributed by atoms with Crippen LogP contribution in [0.4, 0.5) is 0 Å². The van der Waals surface area contributed by atoms with Crippen LogP contribution >= 0.6 is 23.8 Å². The molecule has 0 fully saturated rings. The van der Waals surface area contributed by atoms with E-state index >= 15 is 0 Å². The number of H-pyrrole nitrogens is 1. The highest BCUT2D eigenvalue weighted by Crippen LogP contribution is 2.34. The van der Waals surface area contributed by atoms with Crippen molar-refractivity contribution in [3.8, 4) is 11.1 Å². The number of fused-ring (bicyclic) bond motifs is 1. The number of rotatable bonds is 3. The lowest BCUT2D eigenvalue weighted by molar-refractivity contribution is 0.979. The second kappa shape index (κ2) is 5.88. The van der Waals surface area contributed by atoms with Gasteiger partial charge in [0.25, 0.3) is 0 Å². The Kier molecular flexibility index (Phi) is 3.95. The molecule has 0 amide bonds. The lowest BCUT2D eigenvalue weighted by Crippen LogP contribution is -2.22. The summed E-state index contributed by atoms with van der Waals surface area (Å²) in [4.78, 5) is 4.14. The summed E-state index contributed by atoms with van der Waals surface area (Å²) in [6.45, 7) is 2.83. The van der Waals surface area contributed by atoms with Crippen LogP contribution in [0.5, 0.6) is 0 Å². The van der Waals surface area contributed by atoms with Crippen molar-refractivity contribution in [3.05, 3.63) is 59.2 Å². The summed E-state index contributed by atoms with van der Waals surface area (Å²) in [5.41, 5.74) is 4.20. The van der Waals surface area contributed by atoms with Gasteiger partial charge in [-0.1, -0.05) is 54.2 Å². The van der Waals surface area contributed by atoms with E-state index in [0.717, 1.165) is 44.3 Å². The van der Waals surface area contributed by atoms with Gasteiger partial charge in [0.1, 0.15) is 4.99 Å². The molecule has 0 aliphatic heterocycles. The number of benzene rings is 2. The zero-order valence-corrected chi connectivity index (χ0v) is 13.2. The lowest BCUT2D eigenvalue weighted by Gasteiger charge is -2.07. The van der Waals surface area contributed by atoms with Gasteiger partial charge < -0.3 is 10.3 Å². The Labute approximate surface area is 134 Å². The van der Waals surface area contributed by atoms with Gasteiger partial charge in [0.05, 0.1) is 5.69 Å². The number of thiocarbonyl (C=S) groups is 1. The summed E-state index contributed by atoms with van der Waals surface area (Å²) in [6, 6.07) is 16.1. The quantitative estimate of drug-likeness (QED) is 0.681. The van der Waals surface area contributed by atoms with Crippen LogP contribution in [-0.4, -0.2) is 16.5 Å². The zero-order chi connectivity index (χ0) is 14.8. The highest BCUT2D eigenvalue weighted by Gasteiger charge is 2.16. The van der Waals surface area contributed by atoms with Crippen LogP contribution in [0.1, 0.15) is 12.6 Å². The molecule has 0 bridgehead atoms. The second-order valence-electron chi connectivity index (χ2n) is 4.79. The van der Waals surface area contributed by atoms with Crippen LogP contribution in [0.3, 0.4) is 0 Å². The van der Waals surface area contributed by atoms with Crippen molar-refractivity contribution in [1.82, 2.24) is 10.3 Å². The van der Waals surface area contributed by atoms with Crippen LogP contribution in [0, 0.1) is 0 Å². The molecule has 3 rings (SSSR count). The topological polar surface area (TPSA) is 27.8 Å². The Hall–Kier alpha value is -1.84. The Morgan fingerprint density at radius 2 is 1.95 bits per heavy atom. The van der Waals surface area contributed by atoms with E-state index in [0.29, 0.717) is 0 Å². The third kappa shape index (κ3) is 2.67. The van der Waals surface area contributed by atoms with Crippen LogP contribution < -0.4 is 5.32 Å². The van der Waals surface area contributed by atoms with Gasteiger partial charge in [0.2, 0.25) is 0 Å². The number of hydrogen-bond donors (Lipinski definition) is 2. The van der Waals surface area contributed by atoms with Crippen LogP contribution in [0.2, 0.25) is 5.02 Å². The predicted octanol–water partition coefficient (Wildman–Crippen LogP) is 4.77. The molecule has 0 spiro atoms. The minimum atomic E-state index is 0.722. The molecule has 0 unspecified atom stereocenters. The normalized spacial score (nSPS) is 10.8. The molecule has 0 aliphatic carbocycles. The maximum absolute atomic E-state index is 6.17. The second-order valence-corrected chi connectivity index (χ2v) is 5.64. The monoisotopic (exact) mass is 314 g/mol. The minimum absolute atomic E-state index is 0.722. The largest absolute Gasteiger partial charge is 0.375 e. The number of hydrogen-bond acceptors (Lipinski definition) is 1. The molecule has 2 aromatic carbocycles. The van der Waals surface area contributed by atoms with Crippen molar-refractivity contribution in [2.45, 2.75) is 6.92 Å². The molecular weight excluding hydrogens is 300 g/mol. The van der Waals surface area contributed by atoms with E-state index in [4.69, 9.17) is 23.8 Å². The van der Waals surface area contributed by atoms with E-state index in [2.05, 4.69) is 22.4 Å². The third-order valence-corrected chi connectivity index (χ3v) is 3.97. The molecule has 106 valence electrons. The molecule has 4 heteroatoms. The van der Waals surface area contributed by atoms with Gasteiger partial charge in [-0.3, -0.25) is 0 Å². The first-order valence-electron chi connectivity index (χ1n) is 6.85. The average Bonchev–Trinajstić information content (AvgIpc) is 2.87. The van der Waals surface area contributed by atoms with Crippen LogP contribution in [0.15, 0.2) is 48.5 Å². The Bertz CT molecular complexity index is 793. The van der Waals surface area contributed by atoms with Crippen molar-refractivity contribution in [3.63, 3.8) is 0 Å². The fourth-order valence-electron chi connectivity index (χ4n) is 2.49. The van der Waals surface area contributed by atoms with Gasteiger partial charge in [0, 0.05) is 28.0 Å². The first kappa shape index (κ1) is 14.1. The van der Waals surface area contributed by atoms with Crippen molar-refractivity contribution >= 4 is 39.7 Å². The SMILES string of the molecule is CCNC(=S)c1[nH]c2ccc(Cl)cc2c1-c1ccccc1. The van der Waals surface area contributed by atoms with Gasteiger partial charge in [0.15, 0.2) is 0 Å². The molecule has 21 heavy (non-hydrogen) atoms. The maximum Gasteiger partial charge on any atom is 0.123 e. The van der Waals surface area contributed by atoms with Crippen molar-refractivity contribution in [1.29, 1.82) is 0 Å². The molecule has 0 aliphatic rings. The summed E-state index contributed by atoms with van der Waals surface area (Å²) in [5, 5.41) is 5.02. The van der Waals surface area contributed by atoms with Gasteiger partial charge >= 0.3 is 0 Å². The standard InChI is InChI=1S/C17H15ClN2S/c1-2-19-17(21)16-15(11-6-4-3-5-7-11)13-10-12(18)8-9-14(13)20-16/h3-10,20H,2H2,1H3,(H,19,21). The lowest BCUT2D eigenvalue weighted by atomic mass is 10.0. The number of aromatic nitrogens is 1. The van der Waals surface area contributed by atoms with E-state index in [1.54, 1.807) is 0 Å². The molecule has 0 atom stereocenters. The van der Waals surface area contributed by atoms with Crippen molar-refractivity contribution < 1.29 is 0 Å². The molecular formula is C17H15ClN2S. The summed E-state index contributed by atoms with van der Waals surface area (Å²) in [5.74, 6) is 0. The molecule has 0 saturated heterocycles. The van der Waals surface area contributed by atoms with Crippen LogP contribution in [0.25, 0.3) is 22.0 Å². The number of nitrogens with one attached hydrogen (secondary N) is 2. The van der Waals surface area contributed by atoms with E-state index in [9.17, 15) is 0 Å². The van der Waals surface area contributed by atoms with Gasteiger partial charge in [-0.15, -0.1) is 0 Å². The molecule has 0 saturated carbocycles. The predicted molar refractivity (Wildman–Crippen MR) is 94.1 cm³/mol. The van der Waals surface area contributed by atoms with E-state index < -0.39 is 0 Å². The van der Waals surface area contributed by atoms with Crippen molar-refractivity contribution in [2.75, 3.05) is 6.54 Å². The molecule has 1 heterocycles. The Morgan fingerprint density at radius 1 is 1.19 bits per heavy atom. The Balaban J connectivity index is 2.29. The number of halogens is 1. The van der Waals surface area contributed by atoms with E-state index in [1.165, 1.54) is 0 Å². The zero-order valence-electron chi connectivity index (χ0n) is 11.6. The highest BCUT2D eigenvalue weighted by atomic mass is 35.5. The van der Waals surface area contributed by atoms with E-state index in [-0.39, 0.29) is 0 Å². The summed E-state index contributed by atoms with van der Waals surface area (Å²) in [6.07, 6.45) is 0. The summed E-state index contributed by atoms with van der Waals surface area (Å²) < 4.78 is 0. The smallest absolute Gasteiger partial charge is 0.123 e. The molecule has 0 radical (unpaired) electrons. The summed E-state index contributed by atoms with van der Waals surface area (Å²) in [7, 11) is 0. The van der Waals surface area contributed by atoms with E-state index in [1.807, 2.05) is 43.3 Å². The molecule has 1 aromatic heterocycles. The minimum Gasteiger partial charge on any atom is -0.375 e. The first-order chi connectivity index (χ1) is 10.2. The number of aromatic amines is 1. The van der Waals surface area contributed by atoms with Gasteiger partial charge in [-0.05, 0) is 30.7 Å². The average molecular weight is 315 g/mol. The molecule has 2 N–H and O–H groups in total. The maximum atomic E-state index is 6.17. The highest BCUT2D eigenvalue weighted by molar-refractivity contribution is 7.80. The molecule has 2 nitrogen and oxygen atoms in total.